The molecular weight excluding hydrogens is 552 g/mol. The van der Waals surface area contributed by atoms with E-state index in [4.69, 9.17) is 4.74 Å². The number of pyridine rings is 1. The highest BCUT2D eigenvalue weighted by Crippen LogP contribution is 2.46. The van der Waals surface area contributed by atoms with Crippen LogP contribution >= 0.6 is 11.3 Å². The summed E-state index contributed by atoms with van der Waals surface area (Å²) in [5.74, 6) is 1.13. The number of piperidine rings is 1. The number of aryl methyl sites for hydroxylation is 1. The highest BCUT2D eigenvalue weighted by atomic mass is 32.1. The summed E-state index contributed by atoms with van der Waals surface area (Å²) in [5, 5.41) is 9.77. The Kier molecular flexibility index (Phi) is 7.53. The number of benzene rings is 2. The number of likely N-dealkylation sites (N-methyl/N-ethyl adjacent to an activating group) is 1. The number of hydrogen-bond donors (Lipinski definition) is 3. The first-order valence-corrected chi connectivity index (χ1v) is 14.8. The van der Waals surface area contributed by atoms with Crippen molar-refractivity contribution in [2.24, 2.45) is 0 Å². The number of rotatable bonds is 7. The molecule has 2 aliphatic rings. The molecular formula is C31H32N6O4S. The zero-order valence-electron chi connectivity index (χ0n) is 23.6. The molecule has 1 fully saturated rings. The van der Waals surface area contributed by atoms with E-state index in [1.165, 1.54) is 11.3 Å². The molecule has 0 radical (unpaired) electrons. The third kappa shape index (κ3) is 5.17. The fourth-order valence-electron chi connectivity index (χ4n) is 5.49. The summed E-state index contributed by atoms with van der Waals surface area (Å²) in [4.78, 5) is 48.8. The van der Waals surface area contributed by atoms with E-state index in [-0.39, 0.29) is 29.9 Å². The number of ether oxygens (including phenoxy) is 1. The van der Waals surface area contributed by atoms with E-state index in [1.54, 1.807) is 29.1 Å². The second-order valence-electron chi connectivity index (χ2n) is 10.6. The molecule has 0 aliphatic carbocycles. The molecule has 0 bridgehead atoms. The summed E-state index contributed by atoms with van der Waals surface area (Å²) >= 11 is 1.25. The van der Waals surface area contributed by atoms with Crippen LogP contribution in [0.5, 0.6) is 11.5 Å². The molecule has 0 spiro atoms. The molecule has 42 heavy (non-hydrogen) atoms. The van der Waals surface area contributed by atoms with Crippen molar-refractivity contribution in [3.63, 3.8) is 0 Å². The average molecular weight is 585 g/mol. The third-order valence-electron chi connectivity index (χ3n) is 7.71. The lowest BCUT2D eigenvalue weighted by atomic mass is 10.0. The Bertz CT molecular complexity index is 1670. The number of anilines is 3. The van der Waals surface area contributed by atoms with Crippen LogP contribution in [0.15, 0.2) is 60.8 Å². The molecule has 1 saturated heterocycles. The largest absolute Gasteiger partial charge is 0.457 e. The van der Waals surface area contributed by atoms with Crippen molar-refractivity contribution >= 4 is 56.5 Å². The number of amides is 4. The number of para-hydroxylation sites is 1. The molecule has 2 aromatic carbocycles. The lowest BCUT2D eigenvalue weighted by molar-refractivity contribution is -0.134. The predicted molar refractivity (Wildman–Crippen MR) is 164 cm³/mol. The molecule has 4 amide bonds. The molecule has 2 aromatic heterocycles. The zero-order valence-corrected chi connectivity index (χ0v) is 24.5. The Morgan fingerprint density at radius 2 is 1.93 bits per heavy atom. The Labute approximate surface area is 247 Å². The van der Waals surface area contributed by atoms with Crippen molar-refractivity contribution in [2.45, 2.75) is 38.8 Å². The Hall–Kier alpha value is -4.48. The van der Waals surface area contributed by atoms with Crippen LogP contribution in [0.2, 0.25) is 0 Å². The van der Waals surface area contributed by atoms with Crippen molar-refractivity contribution in [2.75, 3.05) is 30.4 Å². The molecule has 2 atom stereocenters. The van der Waals surface area contributed by atoms with Crippen LogP contribution in [0.1, 0.15) is 35.0 Å². The quantitative estimate of drug-likeness (QED) is 0.268. The molecule has 3 N–H and O–H groups in total. The van der Waals surface area contributed by atoms with E-state index < -0.39 is 0 Å². The fourth-order valence-corrected chi connectivity index (χ4v) is 6.52. The van der Waals surface area contributed by atoms with Crippen LogP contribution in [-0.4, -0.2) is 60.0 Å². The van der Waals surface area contributed by atoms with Crippen LogP contribution in [-0.2, 0) is 4.79 Å². The van der Waals surface area contributed by atoms with Gasteiger partial charge in [0, 0.05) is 25.3 Å². The molecule has 2 aliphatic heterocycles. The minimum absolute atomic E-state index is 0.0181. The molecule has 216 valence electrons. The van der Waals surface area contributed by atoms with E-state index in [2.05, 4.69) is 20.9 Å². The van der Waals surface area contributed by atoms with Crippen LogP contribution in [0.25, 0.3) is 10.2 Å². The van der Waals surface area contributed by atoms with Crippen molar-refractivity contribution in [3.05, 3.63) is 71.2 Å². The SMILES string of the molecule is CN[C@@H](C)C(=O)N1CCC[C@@H](NC(=O)c2sc3nccc4c3c2NC(=O)N4c2ccc(Oc3ccccc3)cc2C)C1. The lowest BCUT2D eigenvalue weighted by Crippen LogP contribution is -2.53. The van der Waals surface area contributed by atoms with Gasteiger partial charge < -0.3 is 25.6 Å². The number of carbonyl (C=O) groups excluding carboxylic acids is 3. The summed E-state index contributed by atoms with van der Waals surface area (Å²) in [5.41, 5.74) is 2.67. The minimum atomic E-state index is -0.363. The first kappa shape index (κ1) is 27.7. The van der Waals surface area contributed by atoms with Gasteiger partial charge >= 0.3 is 6.03 Å². The number of nitrogens with one attached hydrogen (secondary N) is 3. The molecule has 6 rings (SSSR count). The maximum Gasteiger partial charge on any atom is 0.331 e. The number of nitrogens with zero attached hydrogens (tertiary/aromatic N) is 3. The van der Waals surface area contributed by atoms with Gasteiger partial charge in [0.15, 0.2) is 0 Å². The number of aromatic nitrogens is 1. The highest BCUT2D eigenvalue weighted by molar-refractivity contribution is 7.21. The van der Waals surface area contributed by atoms with Crippen molar-refractivity contribution in [3.8, 4) is 11.5 Å². The van der Waals surface area contributed by atoms with Crippen LogP contribution in [0.3, 0.4) is 0 Å². The van der Waals surface area contributed by atoms with Gasteiger partial charge in [0.2, 0.25) is 5.91 Å². The number of hydrogen-bond acceptors (Lipinski definition) is 7. The number of urea groups is 1. The topological polar surface area (TPSA) is 116 Å². The fraction of sp³-hybridized carbons (Fsp3) is 0.290. The Morgan fingerprint density at radius 3 is 2.69 bits per heavy atom. The minimum Gasteiger partial charge on any atom is -0.457 e. The van der Waals surface area contributed by atoms with Gasteiger partial charge in [-0.05, 0) is 75.7 Å². The Balaban J connectivity index is 1.26. The number of carbonyl (C=O) groups is 3. The van der Waals surface area contributed by atoms with Gasteiger partial charge in [-0.2, -0.15) is 0 Å². The lowest BCUT2D eigenvalue weighted by Gasteiger charge is -2.34. The smallest absolute Gasteiger partial charge is 0.331 e. The van der Waals surface area contributed by atoms with E-state index in [0.29, 0.717) is 45.6 Å². The molecule has 11 heteroatoms. The zero-order chi connectivity index (χ0) is 29.4. The standard InChI is InChI=1S/C31H32N6O4S/c1-18-16-22(41-21-9-5-4-6-10-21)11-12-23(18)37-24-13-14-33-29-25(24)26(35-31(37)40)27(42-29)28(38)34-20-8-7-15-36(17-20)30(39)19(2)32-3/h4-6,9-14,16,19-20,32H,7-8,15,17H2,1-3H3,(H,34,38)(H,35,40)/t19-,20+/m0/s1. The van der Waals surface area contributed by atoms with Gasteiger partial charge in [-0.1, -0.05) is 18.2 Å². The van der Waals surface area contributed by atoms with E-state index in [9.17, 15) is 14.4 Å². The summed E-state index contributed by atoms with van der Waals surface area (Å²) in [7, 11) is 1.76. The second-order valence-corrected chi connectivity index (χ2v) is 11.6. The van der Waals surface area contributed by atoms with Gasteiger partial charge in [-0.15, -0.1) is 11.3 Å². The molecule has 0 unspecified atom stereocenters. The summed E-state index contributed by atoms with van der Waals surface area (Å²) in [6.45, 7) is 4.88. The summed E-state index contributed by atoms with van der Waals surface area (Å²) < 4.78 is 5.97. The monoisotopic (exact) mass is 584 g/mol. The van der Waals surface area contributed by atoms with Crippen LogP contribution in [0, 0.1) is 6.92 Å². The summed E-state index contributed by atoms with van der Waals surface area (Å²) in [6.07, 6.45) is 3.23. The number of thiophene rings is 1. The first-order chi connectivity index (χ1) is 20.3. The van der Waals surface area contributed by atoms with Gasteiger partial charge in [-0.3, -0.25) is 14.5 Å². The van der Waals surface area contributed by atoms with Crippen molar-refractivity contribution in [1.29, 1.82) is 0 Å². The van der Waals surface area contributed by atoms with Gasteiger partial charge in [0.25, 0.3) is 5.91 Å². The van der Waals surface area contributed by atoms with Gasteiger partial charge in [0.05, 0.1) is 28.5 Å². The molecule has 10 nitrogen and oxygen atoms in total. The highest BCUT2D eigenvalue weighted by Gasteiger charge is 2.34. The third-order valence-corrected chi connectivity index (χ3v) is 8.81. The van der Waals surface area contributed by atoms with E-state index in [0.717, 1.165) is 29.5 Å². The summed E-state index contributed by atoms with van der Waals surface area (Å²) in [6, 6.07) is 16.1. The van der Waals surface area contributed by atoms with Gasteiger partial charge in [-0.25, -0.2) is 9.78 Å². The average Bonchev–Trinajstić information content (AvgIpc) is 3.37. The Morgan fingerprint density at radius 1 is 1.12 bits per heavy atom. The van der Waals surface area contributed by atoms with Crippen LogP contribution < -0.4 is 25.6 Å². The number of likely N-dealkylation sites (tertiary alicyclic amines) is 1. The molecule has 4 aromatic rings. The van der Waals surface area contributed by atoms with Crippen molar-refractivity contribution in [1.82, 2.24) is 20.5 Å². The van der Waals surface area contributed by atoms with Crippen LogP contribution in [0.4, 0.5) is 21.9 Å². The van der Waals surface area contributed by atoms with E-state index >= 15 is 0 Å². The second kappa shape index (κ2) is 11.4. The van der Waals surface area contributed by atoms with Gasteiger partial charge in [0.1, 0.15) is 21.2 Å². The molecule has 4 heterocycles. The first-order valence-electron chi connectivity index (χ1n) is 14.0. The van der Waals surface area contributed by atoms with Crippen molar-refractivity contribution < 1.29 is 19.1 Å². The molecule has 0 saturated carbocycles. The van der Waals surface area contributed by atoms with E-state index in [1.807, 2.05) is 62.4 Å². The maximum absolute atomic E-state index is 13.6. The normalized spacial score (nSPS) is 17.1. The predicted octanol–water partition coefficient (Wildman–Crippen LogP) is 5.41. The maximum atomic E-state index is 13.6.